The standard InChI is InChI=1S/C9H7ClFIO3S/c1-16(14,15)9(10,12)8(13)6-2-4-7(11)5-3-6/h2-5H,1H3. The number of hydrogen-bond donors (Lipinski definition) is 0. The van der Waals surface area contributed by atoms with Gasteiger partial charge in [0, 0.05) is 11.8 Å². The molecule has 1 aromatic rings. The van der Waals surface area contributed by atoms with E-state index in [0.29, 0.717) is 0 Å². The Hall–Kier alpha value is -0.210. The number of ketones is 1. The Kier molecular flexibility index (Phi) is 3.96. The summed E-state index contributed by atoms with van der Waals surface area (Å²) in [6, 6.07) is 4.52. The second-order valence-electron chi connectivity index (χ2n) is 3.12. The number of carbonyl (C=O) groups is 1. The Labute approximate surface area is 111 Å². The Morgan fingerprint density at radius 3 is 2.19 bits per heavy atom. The van der Waals surface area contributed by atoms with Crippen LogP contribution in [0.3, 0.4) is 0 Å². The summed E-state index contributed by atoms with van der Waals surface area (Å²) in [5.74, 6) is -1.29. The monoisotopic (exact) mass is 376 g/mol. The molecule has 0 aliphatic carbocycles. The summed E-state index contributed by atoms with van der Waals surface area (Å²) in [5, 5.41) is 0. The summed E-state index contributed by atoms with van der Waals surface area (Å²) in [6.07, 6.45) is 0.869. The van der Waals surface area contributed by atoms with Crippen LogP contribution in [-0.2, 0) is 9.84 Å². The molecule has 0 aliphatic heterocycles. The summed E-state index contributed by atoms with van der Waals surface area (Å²) in [5.41, 5.74) is 0.0521. The summed E-state index contributed by atoms with van der Waals surface area (Å²) in [4.78, 5) is 11.8. The van der Waals surface area contributed by atoms with Gasteiger partial charge >= 0.3 is 0 Å². The van der Waals surface area contributed by atoms with Gasteiger partial charge in [0.05, 0.1) is 0 Å². The highest BCUT2D eigenvalue weighted by molar-refractivity contribution is 14.1. The first-order valence-electron chi connectivity index (χ1n) is 4.04. The molecule has 0 amide bonds. The third-order valence-electron chi connectivity index (χ3n) is 1.84. The average molecular weight is 377 g/mol. The van der Waals surface area contributed by atoms with Gasteiger partial charge in [0.15, 0.2) is 9.84 Å². The van der Waals surface area contributed by atoms with Crippen molar-refractivity contribution in [3.8, 4) is 0 Å². The first-order valence-corrected chi connectivity index (χ1v) is 7.39. The number of Topliss-reactive ketones (excluding diaryl/α,β-unsaturated/α-hetero) is 1. The molecule has 0 heterocycles. The van der Waals surface area contributed by atoms with E-state index >= 15 is 0 Å². The Balaban J connectivity index is 3.18. The van der Waals surface area contributed by atoms with Crippen molar-refractivity contribution in [2.24, 2.45) is 0 Å². The molecule has 0 aromatic heterocycles. The highest BCUT2D eigenvalue weighted by Gasteiger charge is 2.44. The van der Waals surface area contributed by atoms with Crippen LogP contribution in [0.25, 0.3) is 0 Å². The van der Waals surface area contributed by atoms with Crippen molar-refractivity contribution in [1.82, 2.24) is 0 Å². The van der Waals surface area contributed by atoms with E-state index in [9.17, 15) is 17.6 Å². The van der Waals surface area contributed by atoms with Gasteiger partial charge in [0.2, 0.25) is 5.78 Å². The molecule has 7 heteroatoms. The molecule has 0 saturated carbocycles. The molecule has 0 spiro atoms. The minimum Gasteiger partial charge on any atom is -0.290 e. The molecule has 0 N–H and O–H groups in total. The molecular weight excluding hydrogens is 370 g/mol. The van der Waals surface area contributed by atoms with Crippen molar-refractivity contribution >= 4 is 49.8 Å². The Bertz CT molecular complexity index is 510. The zero-order valence-electron chi connectivity index (χ0n) is 8.08. The molecule has 0 saturated heterocycles. The van der Waals surface area contributed by atoms with Gasteiger partial charge < -0.3 is 0 Å². The molecule has 88 valence electrons. The predicted octanol–water partition coefficient (Wildman–Crippen LogP) is 2.38. The predicted molar refractivity (Wildman–Crippen MR) is 68.2 cm³/mol. The molecule has 0 fully saturated rings. The van der Waals surface area contributed by atoms with Gasteiger partial charge in [-0.25, -0.2) is 12.8 Å². The lowest BCUT2D eigenvalue weighted by atomic mass is 10.1. The van der Waals surface area contributed by atoms with Gasteiger partial charge in [-0.15, -0.1) is 0 Å². The second-order valence-corrected chi connectivity index (χ2v) is 9.06. The fourth-order valence-corrected chi connectivity index (χ4v) is 1.81. The smallest absolute Gasteiger partial charge is 0.257 e. The number of rotatable bonds is 3. The van der Waals surface area contributed by atoms with E-state index in [1.807, 2.05) is 0 Å². The summed E-state index contributed by atoms with van der Waals surface area (Å²) < 4.78 is 33.2. The van der Waals surface area contributed by atoms with Crippen LogP contribution in [0.15, 0.2) is 24.3 Å². The van der Waals surface area contributed by atoms with Crippen LogP contribution in [0.4, 0.5) is 4.39 Å². The number of alkyl halides is 2. The lowest BCUT2D eigenvalue weighted by Gasteiger charge is -2.16. The molecule has 0 aliphatic rings. The fourth-order valence-electron chi connectivity index (χ4n) is 0.938. The molecule has 1 aromatic carbocycles. The lowest BCUT2D eigenvalue weighted by Crippen LogP contribution is -2.34. The third-order valence-corrected chi connectivity index (χ3v) is 6.86. The van der Waals surface area contributed by atoms with E-state index < -0.39 is 23.7 Å². The van der Waals surface area contributed by atoms with Crippen molar-refractivity contribution in [3.63, 3.8) is 0 Å². The van der Waals surface area contributed by atoms with Gasteiger partial charge in [0.25, 0.3) is 2.21 Å². The van der Waals surface area contributed by atoms with Crippen LogP contribution in [0, 0.1) is 5.82 Å². The minimum absolute atomic E-state index is 0.0521. The van der Waals surface area contributed by atoms with Gasteiger partial charge in [-0.3, -0.25) is 4.79 Å². The van der Waals surface area contributed by atoms with E-state index in [1.165, 1.54) is 34.7 Å². The maximum atomic E-state index is 12.6. The third kappa shape index (κ3) is 2.72. The second kappa shape index (κ2) is 4.58. The molecule has 0 bridgehead atoms. The maximum absolute atomic E-state index is 12.6. The van der Waals surface area contributed by atoms with Crippen LogP contribution >= 0.6 is 34.2 Å². The molecular formula is C9H7ClFIO3S. The lowest BCUT2D eigenvalue weighted by molar-refractivity contribution is 0.100. The molecule has 3 nitrogen and oxygen atoms in total. The van der Waals surface area contributed by atoms with E-state index in [2.05, 4.69) is 0 Å². The number of benzene rings is 1. The highest BCUT2D eigenvalue weighted by atomic mass is 127. The molecule has 1 unspecified atom stereocenters. The zero-order valence-corrected chi connectivity index (χ0v) is 11.8. The highest BCUT2D eigenvalue weighted by Crippen LogP contribution is 2.34. The molecule has 1 rings (SSSR count). The van der Waals surface area contributed by atoms with Crippen LogP contribution in [0.5, 0.6) is 0 Å². The van der Waals surface area contributed by atoms with Gasteiger partial charge in [0.1, 0.15) is 5.82 Å². The van der Waals surface area contributed by atoms with Crippen LogP contribution in [-0.4, -0.2) is 22.7 Å². The molecule has 1 atom stereocenters. The Morgan fingerprint density at radius 2 is 1.81 bits per heavy atom. The molecule has 0 radical (unpaired) electrons. The summed E-state index contributed by atoms with van der Waals surface area (Å²) >= 11 is 7.05. The average Bonchev–Trinajstić information content (AvgIpc) is 2.16. The van der Waals surface area contributed by atoms with E-state index in [-0.39, 0.29) is 5.56 Å². The number of carbonyl (C=O) groups excluding carboxylic acids is 1. The molecule has 16 heavy (non-hydrogen) atoms. The summed E-state index contributed by atoms with van der Waals surface area (Å²) in [7, 11) is -3.75. The topological polar surface area (TPSA) is 51.2 Å². The van der Waals surface area contributed by atoms with Gasteiger partial charge in [-0.2, -0.15) is 0 Å². The van der Waals surface area contributed by atoms with E-state index in [0.717, 1.165) is 18.4 Å². The number of sulfone groups is 1. The van der Waals surface area contributed by atoms with Gasteiger partial charge in [-0.1, -0.05) is 11.6 Å². The fraction of sp³-hybridized carbons (Fsp3) is 0.222. The van der Waals surface area contributed by atoms with Crippen LogP contribution in [0.1, 0.15) is 10.4 Å². The van der Waals surface area contributed by atoms with Gasteiger partial charge in [-0.05, 0) is 46.9 Å². The Morgan fingerprint density at radius 1 is 1.38 bits per heavy atom. The van der Waals surface area contributed by atoms with Crippen LogP contribution in [0.2, 0.25) is 0 Å². The maximum Gasteiger partial charge on any atom is 0.257 e. The van der Waals surface area contributed by atoms with Crippen molar-refractivity contribution in [3.05, 3.63) is 35.6 Å². The van der Waals surface area contributed by atoms with Crippen molar-refractivity contribution < 1.29 is 17.6 Å². The van der Waals surface area contributed by atoms with Crippen molar-refractivity contribution in [2.45, 2.75) is 2.21 Å². The van der Waals surface area contributed by atoms with Crippen LogP contribution < -0.4 is 0 Å². The zero-order chi connectivity index (χ0) is 12.6. The normalized spacial score (nSPS) is 15.5. The summed E-state index contributed by atoms with van der Waals surface area (Å²) in [6.45, 7) is 0. The van der Waals surface area contributed by atoms with E-state index in [4.69, 9.17) is 11.6 Å². The first-order chi connectivity index (χ1) is 7.16. The van der Waals surface area contributed by atoms with Crippen molar-refractivity contribution in [2.75, 3.05) is 6.26 Å². The number of hydrogen-bond acceptors (Lipinski definition) is 3. The SMILES string of the molecule is CS(=O)(=O)C(Cl)(I)C(=O)c1ccc(F)cc1. The quantitative estimate of drug-likeness (QED) is 0.462. The first kappa shape index (κ1) is 13.9. The largest absolute Gasteiger partial charge is 0.290 e. The minimum atomic E-state index is -3.75. The van der Waals surface area contributed by atoms with E-state index in [1.54, 1.807) is 0 Å². The number of halogens is 3. The van der Waals surface area contributed by atoms with Crippen molar-refractivity contribution in [1.29, 1.82) is 0 Å².